The molecule has 11 atom stereocenters. The summed E-state index contributed by atoms with van der Waals surface area (Å²) in [6, 6.07) is 0. The van der Waals surface area contributed by atoms with Gasteiger partial charge in [0.05, 0.1) is 35.1 Å². The molecule has 206 valence electrons. The third kappa shape index (κ3) is 3.95. The lowest BCUT2D eigenvalue weighted by Gasteiger charge is -2.60. The molecule has 7 heteroatoms. The van der Waals surface area contributed by atoms with Gasteiger partial charge in [-0.2, -0.15) is 0 Å². The molecule has 4 rings (SSSR count). The van der Waals surface area contributed by atoms with E-state index in [4.69, 9.17) is 0 Å². The number of rotatable bonds is 6. The molecule has 4 aliphatic carbocycles. The molecule has 3 fully saturated rings. The molecule has 0 aromatic heterocycles. The fourth-order valence-electron chi connectivity index (χ4n) is 9.00. The first-order valence-corrected chi connectivity index (χ1v) is 13.9. The Kier molecular flexibility index (Phi) is 6.93. The summed E-state index contributed by atoms with van der Waals surface area (Å²) in [4.78, 5) is 13.3. The summed E-state index contributed by atoms with van der Waals surface area (Å²) in [6.45, 7) is 11.1. The molecule has 0 bridgehead atoms. The zero-order valence-corrected chi connectivity index (χ0v) is 22.9. The molecule has 0 saturated heterocycles. The molecule has 0 aromatic carbocycles. The third-order valence-corrected chi connectivity index (χ3v) is 11.5. The number of aliphatic hydroxyl groups excluding tert-OH is 3. The second-order valence-electron chi connectivity index (χ2n) is 13.8. The van der Waals surface area contributed by atoms with Crippen LogP contribution in [0.3, 0.4) is 0 Å². The first kappa shape index (κ1) is 28.2. The maximum Gasteiger partial charge on any atom is 0.159 e. The summed E-state index contributed by atoms with van der Waals surface area (Å²) < 4.78 is 0. The van der Waals surface area contributed by atoms with Crippen LogP contribution in [-0.4, -0.2) is 71.5 Å². The van der Waals surface area contributed by atoms with Gasteiger partial charge in [0.15, 0.2) is 5.78 Å². The maximum atomic E-state index is 13.3. The van der Waals surface area contributed by atoms with E-state index in [2.05, 4.69) is 0 Å². The van der Waals surface area contributed by atoms with Crippen molar-refractivity contribution in [2.45, 2.75) is 128 Å². The molecule has 0 amide bonds. The van der Waals surface area contributed by atoms with E-state index in [0.29, 0.717) is 44.1 Å². The number of allylic oxidation sites excluding steroid dienone is 1. The second kappa shape index (κ2) is 8.85. The predicted molar refractivity (Wildman–Crippen MR) is 136 cm³/mol. The van der Waals surface area contributed by atoms with Crippen molar-refractivity contribution in [3.05, 3.63) is 11.6 Å². The van der Waals surface area contributed by atoms with Gasteiger partial charge in [-0.05, 0) is 101 Å². The Balaban J connectivity index is 1.66. The van der Waals surface area contributed by atoms with Crippen LogP contribution >= 0.6 is 0 Å². The molecule has 0 radical (unpaired) electrons. The van der Waals surface area contributed by atoms with Crippen molar-refractivity contribution in [2.24, 2.45) is 34.5 Å². The van der Waals surface area contributed by atoms with Crippen LogP contribution in [0.15, 0.2) is 11.6 Å². The van der Waals surface area contributed by atoms with Crippen molar-refractivity contribution >= 4 is 5.78 Å². The van der Waals surface area contributed by atoms with Crippen molar-refractivity contribution in [3.8, 4) is 0 Å². The van der Waals surface area contributed by atoms with Crippen LogP contribution < -0.4 is 0 Å². The molecule has 6 N–H and O–H groups in total. The van der Waals surface area contributed by atoms with E-state index in [0.717, 1.165) is 0 Å². The molecule has 0 spiro atoms. The fourth-order valence-corrected chi connectivity index (χ4v) is 9.00. The van der Waals surface area contributed by atoms with E-state index in [9.17, 15) is 35.4 Å². The average Bonchev–Trinajstić information content (AvgIpc) is 3.05. The molecule has 36 heavy (non-hydrogen) atoms. The van der Waals surface area contributed by atoms with E-state index in [1.165, 1.54) is 0 Å². The summed E-state index contributed by atoms with van der Waals surface area (Å²) >= 11 is 0. The first-order valence-electron chi connectivity index (χ1n) is 13.9. The summed E-state index contributed by atoms with van der Waals surface area (Å²) in [5.41, 5.74) is -4.34. The van der Waals surface area contributed by atoms with Crippen molar-refractivity contribution < 1.29 is 35.4 Å². The smallest absolute Gasteiger partial charge is 0.159 e. The lowest BCUT2D eigenvalue weighted by Crippen LogP contribution is -2.63. The van der Waals surface area contributed by atoms with Gasteiger partial charge in [0.2, 0.25) is 0 Å². The minimum Gasteiger partial charge on any atom is -0.390 e. The minimum absolute atomic E-state index is 0.0892. The van der Waals surface area contributed by atoms with Crippen LogP contribution in [0.2, 0.25) is 0 Å². The van der Waals surface area contributed by atoms with Crippen LogP contribution in [-0.2, 0) is 4.79 Å². The lowest BCUT2D eigenvalue weighted by atomic mass is 9.45. The number of carbonyl (C=O) groups excluding carboxylic acids is 1. The van der Waals surface area contributed by atoms with Gasteiger partial charge in [0.1, 0.15) is 0 Å². The Hall–Kier alpha value is -0.830. The first-order chi connectivity index (χ1) is 16.4. The quantitative estimate of drug-likeness (QED) is 0.324. The topological polar surface area (TPSA) is 138 Å². The summed E-state index contributed by atoms with van der Waals surface area (Å²) in [7, 11) is 0. The number of carbonyl (C=O) groups is 1. The average molecular weight is 509 g/mol. The zero-order valence-electron chi connectivity index (χ0n) is 22.9. The van der Waals surface area contributed by atoms with Gasteiger partial charge < -0.3 is 30.6 Å². The number of ketones is 1. The van der Waals surface area contributed by atoms with Crippen LogP contribution in [0.25, 0.3) is 0 Å². The van der Waals surface area contributed by atoms with Gasteiger partial charge in [-0.3, -0.25) is 4.79 Å². The molecule has 3 saturated carbocycles. The Morgan fingerprint density at radius 2 is 1.69 bits per heavy atom. The number of aliphatic hydroxyl groups is 6. The van der Waals surface area contributed by atoms with E-state index in [-0.39, 0.29) is 36.4 Å². The van der Waals surface area contributed by atoms with Crippen molar-refractivity contribution in [3.63, 3.8) is 0 Å². The summed E-state index contributed by atoms with van der Waals surface area (Å²) in [5.74, 6) is -1.16. The summed E-state index contributed by atoms with van der Waals surface area (Å²) in [5, 5.41) is 66.6. The van der Waals surface area contributed by atoms with Gasteiger partial charge in [0, 0.05) is 11.3 Å². The number of hydrogen-bond acceptors (Lipinski definition) is 7. The Labute approximate surface area is 215 Å². The highest BCUT2D eigenvalue weighted by atomic mass is 16.3. The van der Waals surface area contributed by atoms with Crippen LogP contribution in [0.5, 0.6) is 0 Å². The standard InChI is InChI=1S/C29H48O7/c1-7-16(25(2,3)34)12-24(33)28(6,35)23-9-11-29(36)18-13-20(30)19-14-21(31)22(32)15-26(19,4)17(18)8-10-27(23,29)5/h13,16-17,19,21-24,31-36H,7-12,14-15H2,1-6H3/t16?,17-,19-,21+,22-,23-,24+,26+,27+,28+,29+/m0/s1. The van der Waals surface area contributed by atoms with E-state index in [1.807, 2.05) is 20.8 Å². The molecule has 4 aliphatic rings. The van der Waals surface area contributed by atoms with Crippen molar-refractivity contribution in [2.75, 3.05) is 0 Å². The Bertz CT molecular complexity index is 906. The van der Waals surface area contributed by atoms with Crippen LogP contribution in [0, 0.1) is 34.5 Å². The van der Waals surface area contributed by atoms with Crippen LogP contribution in [0.4, 0.5) is 0 Å². The second-order valence-corrected chi connectivity index (χ2v) is 13.8. The van der Waals surface area contributed by atoms with Gasteiger partial charge in [-0.1, -0.05) is 27.2 Å². The molecule has 0 aliphatic heterocycles. The largest absolute Gasteiger partial charge is 0.390 e. The Morgan fingerprint density at radius 3 is 2.28 bits per heavy atom. The normalized spacial score (nSPS) is 46.2. The van der Waals surface area contributed by atoms with Crippen molar-refractivity contribution in [1.29, 1.82) is 0 Å². The monoisotopic (exact) mass is 508 g/mol. The molecule has 0 heterocycles. The maximum absolute atomic E-state index is 13.3. The number of hydrogen-bond donors (Lipinski definition) is 6. The van der Waals surface area contributed by atoms with Gasteiger partial charge in [0.25, 0.3) is 0 Å². The van der Waals surface area contributed by atoms with Gasteiger partial charge in [-0.25, -0.2) is 0 Å². The highest BCUT2D eigenvalue weighted by Crippen LogP contribution is 2.68. The van der Waals surface area contributed by atoms with E-state index >= 15 is 0 Å². The molecule has 7 nitrogen and oxygen atoms in total. The van der Waals surface area contributed by atoms with Crippen LogP contribution in [0.1, 0.15) is 92.9 Å². The lowest BCUT2D eigenvalue weighted by molar-refractivity contribution is -0.179. The fraction of sp³-hybridized carbons (Fsp3) is 0.897. The third-order valence-electron chi connectivity index (χ3n) is 11.5. The molecule has 1 unspecified atom stereocenters. The molecule has 0 aromatic rings. The predicted octanol–water partition coefficient (Wildman–Crippen LogP) is 2.49. The molecular formula is C29H48O7. The number of fused-ring (bicyclic) bond motifs is 5. The van der Waals surface area contributed by atoms with Gasteiger partial charge in [-0.15, -0.1) is 0 Å². The van der Waals surface area contributed by atoms with Crippen molar-refractivity contribution in [1.82, 2.24) is 0 Å². The van der Waals surface area contributed by atoms with E-state index in [1.54, 1.807) is 26.8 Å². The van der Waals surface area contributed by atoms with Gasteiger partial charge >= 0.3 is 0 Å². The zero-order chi connectivity index (χ0) is 27.1. The molecular weight excluding hydrogens is 460 g/mol. The minimum atomic E-state index is -1.48. The highest BCUT2D eigenvalue weighted by molar-refractivity contribution is 5.95. The van der Waals surface area contributed by atoms with E-state index < -0.39 is 51.9 Å². The summed E-state index contributed by atoms with van der Waals surface area (Å²) in [6.07, 6.45) is 2.42. The SMILES string of the molecule is CCC(C[C@@H](O)[C@](C)(O)[C@H]1CC[C@@]2(O)C3=CC(=O)[C@@H]4C[C@@H](O)[C@@H](O)C[C@]4(C)[C@H]3CC[C@]12C)C(C)(C)O. The Morgan fingerprint density at radius 1 is 1.06 bits per heavy atom. The highest BCUT2D eigenvalue weighted by Gasteiger charge is 2.69.